The topological polar surface area (TPSA) is 55.6 Å². The number of benzene rings is 3. The van der Waals surface area contributed by atoms with E-state index in [4.69, 9.17) is 9.72 Å². The monoisotopic (exact) mass is 489 g/mol. The first-order valence-electron chi connectivity index (χ1n) is 12.8. The molecule has 0 saturated heterocycles. The van der Waals surface area contributed by atoms with Crippen LogP contribution < -0.4 is 10.1 Å². The van der Waals surface area contributed by atoms with Crippen molar-refractivity contribution in [3.8, 4) is 28.1 Å². The highest BCUT2D eigenvalue weighted by atomic mass is 16.5. The van der Waals surface area contributed by atoms with Gasteiger partial charge in [0.2, 0.25) is 5.91 Å². The molecule has 0 saturated carbocycles. The molecule has 5 heteroatoms. The van der Waals surface area contributed by atoms with E-state index in [-0.39, 0.29) is 11.9 Å². The third-order valence-corrected chi connectivity index (χ3v) is 6.51. The molecule has 1 atom stereocenters. The number of fused-ring (bicyclic) bond motifs is 1. The predicted octanol–water partition coefficient (Wildman–Crippen LogP) is 6.88. The highest BCUT2D eigenvalue weighted by Gasteiger charge is 2.17. The highest BCUT2D eigenvalue weighted by molar-refractivity contribution is 5.77. The number of nitrogens with zero attached hydrogens (tertiary/aromatic N) is 2. The fourth-order valence-corrected chi connectivity index (χ4v) is 4.63. The van der Waals surface area contributed by atoms with Gasteiger partial charge in [0.15, 0.2) is 0 Å². The summed E-state index contributed by atoms with van der Waals surface area (Å²) >= 11 is 0. The zero-order valence-corrected chi connectivity index (χ0v) is 21.2. The Bertz CT molecular complexity index is 1490. The number of carbonyl (C=O) groups is 1. The summed E-state index contributed by atoms with van der Waals surface area (Å²) in [6, 6.07) is 32.4. The molecule has 1 amide bonds. The van der Waals surface area contributed by atoms with E-state index in [0.29, 0.717) is 19.4 Å². The number of imidazole rings is 1. The molecule has 3 aromatic carbocycles. The Labute approximate surface area is 217 Å². The molecule has 5 aromatic rings. The molecule has 0 unspecified atom stereocenters. The van der Waals surface area contributed by atoms with E-state index in [0.717, 1.165) is 45.0 Å². The minimum absolute atomic E-state index is 0.0193. The normalized spacial score (nSPS) is 11.8. The zero-order chi connectivity index (χ0) is 25.6. The molecule has 37 heavy (non-hydrogen) atoms. The molecule has 0 spiro atoms. The van der Waals surface area contributed by atoms with Crippen molar-refractivity contribution in [2.45, 2.75) is 32.7 Å². The summed E-state index contributed by atoms with van der Waals surface area (Å²) in [6.07, 6.45) is 3.05. The van der Waals surface area contributed by atoms with Crippen LogP contribution in [-0.2, 0) is 11.2 Å². The summed E-state index contributed by atoms with van der Waals surface area (Å²) in [4.78, 5) is 17.9. The van der Waals surface area contributed by atoms with Gasteiger partial charge < -0.3 is 14.5 Å². The van der Waals surface area contributed by atoms with Crippen LogP contribution in [0, 0.1) is 0 Å². The van der Waals surface area contributed by atoms with Gasteiger partial charge in [0, 0.05) is 18.2 Å². The second kappa shape index (κ2) is 11.1. The Morgan fingerprint density at radius 2 is 1.62 bits per heavy atom. The second-order valence-electron chi connectivity index (χ2n) is 9.08. The fraction of sp³-hybridized carbons (Fsp3) is 0.188. The maximum absolute atomic E-state index is 12.9. The van der Waals surface area contributed by atoms with E-state index in [9.17, 15) is 4.79 Å². The minimum Gasteiger partial charge on any atom is -0.494 e. The first-order chi connectivity index (χ1) is 18.1. The van der Waals surface area contributed by atoms with E-state index in [1.54, 1.807) is 0 Å². The van der Waals surface area contributed by atoms with Crippen molar-refractivity contribution in [2.75, 3.05) is 6.61 Å². The van der Waals surface area contributed by atoms with Crippen LogP contribution in [0.4, 0.5) is 0 Å². The van der Waals surface area contributed by atoms with Crippen LogP contribution in [0.2, 0.25) is 0 Å². The molecular weight excluding hydrogens is 458 g/mol. The molecular formula is C32H31N3O2. The molecule has 2 heterocycles. The largest absolute Gasteiger partial charge is 0.494 e. The average Bonchev–Trinajstić information content (AvgIpc) is 3.31. The molecule has 0 fully saturated rings. The molecule has 0 aliphatic rings. The Hall–Kier alpha value is -4.38. The first-order valence-corrected chi connectivity index (χ1v) is 12.8. The number of pyridine rings is 1. The number of ether oxygens (including phenoxy) is 1. The minimum atomic E-state index is -0.0475. The Morgan fingerprint density at radius 1 is 0.892 bits per heavy atom. The van der Waals surface area contributed by atoms with Gasteiger partial charge in [0.1, 0.15) is 11.4 Å². The van der Waals surface area contributed by atoms with Crippen molar-refractivity contribution >= 4 is 11.6 Å². The first kappa shape index (κ1) is 24.3. The van der Waals surface area contributed by atoms with Crippen LogP contribution in [-0.4, -0.2) is 21.9 Å². The summed E-state index contributed by atoms with van der Waals surface area (Å²) in [5, 5.41) is 3.14. The maximum atomic E-state index is 12.9. The number of nitrogens with one attached hydrogen (secondary N) is 1. The number of aromatic nitrogens is 2. The fourth-order valence-electron chi connectivity index (χ4n) is 4.63. The molecule has 0 bridgehead atoms. The molecule has 0 aliphatic carbocycles. The van der Waals surface area contributed by atoms with Gasteiger partial charge in [-0.25, -0.2) is 4.98 Å². The second-order valence-corrected chi connectivity index (χ2v) is 9.08. The van der Waals surface area contributed by atoms with Gasteiger partial charge in [-0.15, -0.1) is 0 Å². The lowest BCUT2D eigenvalue weighted by Gasteiger charge is -2.14. The molecule has 186 valence electrons. The zero-order valence-electron chi connectivity index (χ0n) is 21.2. The molecule has 5 nitrogen and oxygen atoms in total. The van der Waals surface area contributed by atoms with E-state index in [1.807, 2.05) is 80.6 Å². The highest BCUT2D eigenvalue weighted by Crippen LogP contribution is 2.29. The number of aryl methyl sites for hydroxylation is 1. The van der Waals surface area contributed by atoms with E-state index >= 15 is 0 Å². The standard InChI is InChI=1S/C32H31N3O2/c1-3-37-28-16-10-15-26(21-28)27-17-19-30-34-32(25-13-8-5-9-14-25)29(35(30)22-27)18-20-31(36)33-23(2)24-11-6-4-7-12-24/h4-17,19,21-23H,3,18,20H2,1-2H3,(H,33,36)/t23-/m0/s1. The van der Waals surface area contributed by atoms with Crippen molar-refractivity contribution in [1.82, 2.24) is 14.7 Å². The number of carbonyl (C=O) groups excluding carboxylic acids is 1. The van der Waals surface area contributed by atoms with Crippen molar-refractivity contribution < 1.29 is 9.53 Å². The lowest BCUT2D eigenvalue weighted by Crippen LogP contribution is -2.26. The Kier molecular flexibility index (Phi) is 7.31. The van der Waals surface area contributed by atoms with Gasteiger partial charge in [0.25, 0.3) is 0 Å². The number of amides is 1. The van der Waals surface area contributed by atoms with Crippen LogP contribution in [0.15, 0.2) is 103 Å². The molecule has 1 N–H and O–H groups in total. The number of hydrogen-bond donors (Lipinski definition) is 1. The van der Waals surface area contributed by atoms with Crippen LogP contribution >= 0.6 is 0 Å². The summed E-state index contributed by atoms with van der Waals surface area (Å²) in [7, 11) is 0. The Morgan fingerprint density at radius 3 is 2.38 bits per heavy atom. The summed E-state index contributed by atoms with van der Waals surface area (Å²) < 4.78 is 7.83. The van der Waals surface area contributed by atoms with Crippen LogP contribution in [0.25, 0.3) is 28.0 Å². The van der Waals surface area contributed by atoms with E-state index in [2.05, 4.69) is 46.2 Å². The van der Waals surface area contributed by atoms with Gasteiger partial charge in [-0.05, 0) is 61.2 Å². The summed E-state index contributed by atoms with van der Waals surface area (Å²) in [6.45, 7) is 4.62. The van der Waals surface area contributed by atoms with Gasteiger partial charge in [-0.2, -0.15) is 0 Å². The van der Waals surface area contributed by atoms with E-state index in [1.165, 1.54) is 0 Å². The SMILES string of the molecule is CCOc1cccc(-c2ccc3nc(-c4ccccc4)c(CCC(=O)N[C@@H](C)c4ccccc4)n3c2)c1. The lowest BCUT2D eigenvalue weighted by atomic mass is 10.1. The maximum Gasteiger partial charge on any atom is 0.220 e. The quantitative estimate of drug-likeness (QED) is 0.246. The van der Waals surface area contributed by atoms with Crippen molar-refractivity contribution in [2.24, 2.45) is 0 Å². The molecule has 2 aromatic heterocycles. The Balaban J connectivity index is 1.46. The van der Waals surface area contributed by atoms with Gasteiger partial charge >= 0.3 is 0 Å². The van der Waals surface area contributed by atoms with E-state index < -0.39 is 0 Å². The molecule has 0 radical (unpaired) electrons. The van der Waals surface area contributed by atoms with Gasteiger partial charge in [0.05, 0.1) is 24.0 Å². The van der Waals surface area contributed by atoms with Crippen molar-refractivity contribution in [3.63, 3.8) is 0 Å². The smallest absolute Gasteiger partial charge is 0.220 e. The molecule has 0 aliphatic heterocycles. The third kappa shape index (κ3) is 5.56. The summed E-state index contributed by atoms with van der Waals surface area (Å²) in [5.41, 5.74) is 7.05. The third-order valence-electron chi connectivity index (χ3n) is 6.51. The van der Waals surface area contributed by atoms with Crippen LogP contribution in [0.1, 0.15) is 37.6 Å². The van der Waals surface area contributed by atoms with Crippen molar-refractivity contribution in [3.05, 3.63) is 115 Å². The predicted molar refractivity (Wildman–Crippen MR) is 149 cm³/mol. The lowest BCUT2D eigenvalue weighted by molar-refractivity contribution is -0.121. The van der Waals surface area contributed by atoms with Crippen molar-refractivity contribution in [1.29, 1.82) is 0 Å². The van der Waals surface area contributed by atoms with Crippen LogP contribution in [0.5, 0.6) is 5.75 Å². The summed E-state index contributed by atoms with van der Waals surface area (Å²) in [5.74, 6) is 0.867. The number of hydrogen-bond acceptors (Lipinski definition) is 3. The number of rotatable bonds is 9. The average molecular weight is 490 g/mol. The van der Waals surface area contributed by atoms with Crippen LogP contribution in [0.3, 0.4) is 0 Å². The molecule has 5 rings (SSSR count). The van der Waals surface area contributed by atoms with Gasteiger partial charge in [-0.3, -0.25) is 4.79 Å². The van der Waals surface area contributed by atoms with Gasteiger partial charge in [-0.1, -0.05) is 72.8 Å².